The molecule has 0 saturated carbocycles. The molecule has 0 aliphatic heterocycles. The minimum absolute atomic E-state index is 0.0481. The van der Waals surface area contributed by atoms with Crippen molar-refractivity contribution in [3.05, 3.63) is 52.7 Å². The molecule has 0 spiro atoms. The lowest BCUT2D eigenvalue weighted by Crippen LogP contribution is -2.13. The second-order valence-corrected chi connectivity index (χ2v) is 5.49. The predicted molar refractivity (Wildman–Crippen MR) is 85.3 cm³/mol. The van der Waals surface area contributed by atoms with E-state index in [0.717, 1.165) is 5.69 Å². The molecule has 4 nitrogen and oxygen atoms in total. The van der Waals surface area contributed by atoms with E-state index in [1.807, 2.05) is 25.1 Å². The molecule has 2 aromatic rings. The summed E-state index contributed by atoms with van der Waals surface area (Å²) in [6.07, 6.45) is 0. The number of pyridine rings is 1. The Hall–Kier alpha value is -2.36. The summed E-state index contributed by atoms with van der Waals surface area (Å²) in [5.74, 6) is 1.51. The van der Waals surface area contributed by atoms with E-state index in [0.29, 0.717) is 23.1 Å². The molecule has 0 amide bonds. The van der Waals surface area contributed by atoms with E-state index >= 15 is 0 Å². The summed E-state index contributed by atoms with van der Waals surface area (Å²) in [7, 11) is 0. The van der Waals surface area contributed by atoms with Gasteiger partial charge in [-0.1, -0.05) is 19.9 Å². The van der Waals surface area contributed by atoms with Crippen LogP contribution >= 0.6 is 0 Å². The number of ether oxygens (including phenoxy) is 1. The summed E-state index contributed by atoms with van der Waals surface area (Å²) < 4.78 is 5.84. The van der Waals surface area contributed by atoms with E-state index in [9.17, 15) is 0 Å². The van der Waals surface area contributed by atoms with Gasteiger partial charge in [0.25, 0.3) is 0 Å². The average molecular weight is 283 g/mol. The van der Waals surface area contributed by atoms with Crippen molar-refractivity contribution in [2.45, 2.75) is 33.6 Å². The molecule has 2 rings (SSSR count). The molecule has 0 fully saturated rings. The molecular formula is C17H21N3O. The summed E-state index contributed by atoms with van der Waals surface area (Å²) >= 11 is 0. The highest BCUT2D eigenvalue weighted by atomic mass is 16.5. The first-order chi connectivity index (χ1) is 9.88. The predicted octanol–water partition coefficient (Wildman–Crippen LogP) is 3.90. The number of benzene rings is 1. The van der Waals surface area contributed by atoms with E-state index in [-0.39, 0.29) is 5.84 Å². The van der Waals surface area contributed by atoms with Crippen LogP contribution in [-0.2, 0) is 0 Å². The van der Waals surface area contributed by atoms with Gasteiger partial charge in [-0.2, -0.15) is 0 Å². The Labute approximate surface area is 125 Å². The fourth-order valence-corrected chi connectivity index (χ4v) is 2.29. The largest absolute Gasteiger partial charge is 0.438 e. The standard InChI is InChI=1S/C17H21N3O/c1-10(2)14-8-6-13(9-11(14)3)21-17-15(16(18)19)7-5-12(4)20-17/h5-10H,1-4H3,(H3,18,19). The topological polar surface area (TPSA) is 72.0 Å². The van der Waals surface area contributed by atoms with Crippen LogP contribution in [0.1, 0.15) is 42.1 Å². The molecule has 0 atom stereocenters. The Bertz CT molecular complexity index is 678. The summed E-state index contributed by atoms with van der Waals surface area (Å²) in [6, 6.07) is 9.56. The quantitative estimate of drug-likeness (QED) is 0.660. The van der Waals surface area contributed by atoms with Crippen LogP contribution in [0, 0.1) is 19.3 Å². The maximum Gasteiger partial charge on any atom is 0.230 e. The highest BCUT2D eigenvalue weighted by molar-refractivity contribution is 5.97. The maximum absolute atomic E-state index is 7.60. The van der Waals surface area contributed by atoms with Crippen molar-refractivity contribution in [2.75, 3.05) is 0 Å². The molecular weight excluding hydrogens is 262 g/mol. The summed E-state index contributed by atoms with van der Waals surface area (Å²) in [6.45, 7) is 8.28. The van der Waals surface area contributed by atoms with Gasteiger partial charge in [0, 0.05) is 5.69 Å². The fraction of sp³-hybridized carbons (Fsp3) is 0.294. The van der Waals surface area contributed by atoms with Gasteiger partial charge in [0.2, 0.25) is 5.88 Å². The number of nitrogens with two attached hydrogens (primary N) is 1. The van der Waals surface area contributed by atoms with Crippen LogP contribution in [0.5, 0.6) is 11.6 Å². The molecule has 0 aliphatic carbocycles. The molecule has 3 N–H and O–H groups in total. The molecule has 21 heavy (non-hydrogen) atoms. The number of amidine groups is 1. The third-order valence-corrected chi connectivity index (χ3v) is 3.37. The first kappa shape index (κ1) is 15.0. The number of aryl methyl sites for hydroxylation is 2. The van der Waals surface area contributed by atoms with Crippen molar-refractivity contribution < 1.29 is 4.74 Å². The molecule has 1 aromatic carbocycles. The van der Waals surface area contributed by atoms with Crippen LogP contribution in [-0.4, -0.2) is 10.8 Å². The SMILES string of the molecule is Cc1ccc(C(=N)N)c(Oc2ccc(C(C)C)c(C)c2)n1. The monoisotopic (exact) mass is 283 g/mol. The van der Waals surface area contributed by atoms with Gasteiger partial charge in [0.05, 0.1) is 5.56 Å². The van der Waals surface area contributed by atoms with Crippen molar-refractivity contribution in [3.8, 4) is 11.6 Å². The van der Waals surface area contributed by atoms with Crippen molar-refractivity contribution in [3.63, 3.8) is 0 Å². The van der Waals surface area contributed by atoms with Crippen LogP contribution in [0.2, 0.25) is 0 Å². The van der Waals surface area contributed by atoms with E-state index < -0.39 is 0 Å². The smallest absolute Gasteiger partial charge is 0.230 e. The lowest BCUT2D eigenvalue weighted by Gasteiger charge is -2.13. The molecule has 0 aliphatic rings. The number of nitrogens with one attached hydrogen (secondary N) is 1. The van der Waals surface area contributed by atoms with Crippen molar-refractivity contribution in [1.82, 2.24) is 4.98 Å². The first-order valence-corrected chi connectivity index (χ1v) is 6.99. The zero-order valence-corrected chi connectivity index (χ0v) is 12.9. The third-order valence-electron chi connectivity index (χ3n) is 3.37. The van der Waals surface area contributed by atoms with E-state index in [2.05, 4.69) is 31.8 Å². The number of rotatable bonds is 4. The van der Waals surface area contributed by atoms with Gasteiger partial charge in [0.1, 0.15) is 11.6 Å². The molecule has 0 saturated heterocycles. The molecule has 1 heterocycles. The van der Waals surface area contributed by atoms with Crippen molar-refractivity contribution >= 4 is 5.84 Å². The first-order valence-electron chi connectivity index (χ1n) is 6.99. The molecule has 4 heteroatoms. The molecule has 0 bridgehead atoms. The van der Waals surface area contributed by atoms with Gasteiger partial charge in [0.15, 0.2) is 0 Å². The molecule has 0 radical (unpaired) electrons. The number of nitrogen functional groups attached to an aromatic ring is 1. The second kappa shape index (κ2) is 5.95. The van der Waals surface area contributed by atoms with Gasteiger partial charge in [-0.25, -0.2) is 4.98 Å². The Kier molecular flexibility index (Phi) is 4.26. The van der Waals surface area contributed by atoms with E-state index in [1.54, 1.807) is 6.07 Å². The third kappa shape index (κ3) is 3.40. The van der Waals surface area contributed by atoms with Crippen molar-refractivity contribution in [1.29, 1.82) is 5.41 Å². The highest BCUT2D eigenvalue weighted by Crippen LogP contribution is 2.28. The Morgan fingerprint density at radius 3 is 2.48 bits per heavy atom. The highest BCUT2D eigenvalue weighted by Gasteiger charge is 2.11. The maximum atomic E-state index is 7.60. The van der Waals surface area contributed by atoms with E-state index in [1.165, 1.54) is 11.1 Å². The lowest BCUT2D eigenvalue weighted by molar-refractivity contribution is 0.460. The minimum atomic E-state index is -0.0481. The van der Waals surface area contributed by atoms with Gasteiger partial charge in [-0.3, -0.25) is 5.41 Å². The van der Waals surface area contributed by atoms with Crippen LogP contribution in [0.15, 0.2) is 30.3 Å². The number of hydrogen-bond donors (Lipinski definition) is 2. The fourth-order valence-electron chi connectivity index (χ4n) is 2.29. The number of hydrogen-bond acceptors (Lipinski definition) is 3. The number of nitrogens with zero attached hydrogens (tertiary/aromatic N) is 1. The van der Waals surface area contributed by atoms with E-state index in [4.69, 9.17) is 15.9 Å². The van der Waals surface area contributed by atoms with Crippen LogP contribution in [0.3, 0.4) is 0 Å². The number of aromatic nitrogens is 1. The Balaban J connectivity index is 2.36. The minimum Gasteiger partial charge on any atom is -0.438 e. The summed E-state index contributed by atoms with van der Waals surface area (Å²) in [5, 5.41) is 7.60. The van der Waals surface area contributed by atoms with Gasteiger partial charge in [-0.15, -0.1) is 0 Å². The van der Waals surface area contributed by atoms with Gasteiger partial charge in [-0.05, 0) is 55.2 Å². The zero-order chi connectivity index (χ0) is 15.6. The average Bonchev–Trinajstić information content (AvgIpc) is 2.37. The Morgan fingerprint density at radius 1 is 1.19 bits per heavy atom. The van der Waals surface area contributed by atoms with Crippen LogP contribution < -0.4 is 10.5 Å². The Morgan fingerprint density at radius 2 is 1.90 bits per heavy atom. The second-order valence-electron chi connectivity index (χ2n) is 5.49. The van der Waals surface area contributed by atoms with Crippen LogP contribution in [0.4, 0.5) is 0 Å². The van der Waals surface area contributed by atoms with Crippen molar-refractivity contribution in [2.24, 2.45) is 5.73 Å². The molecule has 1 aromatic heterocycles. The summed E-state index contributed by atoms with van der Waals surface area (Å²) in [5.41, 5.74) is 9.38. The molecule has 0 unspecified atom stereocenters. The normalized spacial score (nSPS) is 10.7. The summed E-state index contributed by atoms with van der Waals surface area (Å²) in [4.78, 5) is 4.33. The van der Waals surface area contributed by atoms with Gasteiger partial charge < -0.3 is 10.5 Å². The van der Waals surface area contributed by atoms with Crippen LogP contribution in [0.25, 0.3) is 0 Å². The zero-order valence-electron chi connectivity index (χ0n) is 12.9. The lowest BCUT2D eigenvalue weighted by atomic mass is 9.98. The molecule has 110 valence electrons. The van der Waals surface area contributed by atoms with Gasteiger partial charge >= 0.3 is 0 Å².